The SMILES string of the molecule is CCNc1nc(C)nc2onc(C(=O)OCC)c12. The van der Waals surface area contributed by atoms with Gasteiger partial charge < -0.3 is 14.6 Å². The van der Waals surface area contributed by atoms with Gasteiger partial charge in [0.15, 0.2) is 0 Å². The van der Waals surface area contributed by atoms with E-state index in [9.17, 15) is 4.79 Å². The summed E-state index contributed by atoms with van der Waals surface area (Å²) in [4.78, 5) is 20.1. The lowest BCUT2D eigenvalue weighted by atomic mass is 10.2. The molecule has 7 nitrogen and oxygen atoms in total. The molecule has 0 spiro atoms. The molecule has 2 rings (SSSR count). The highest BCUT2D eigenvalue weighted by Gasteiger charge is 2.22. The standard InChI is InChI=1S/C11H14N4O3/c1-4-12-9-7-8(11(16)17-5-2)15-18-10(7)14-6(3)13-9/h4-5H2,1-3H3,(H,12,13,14). The smallest absolute Gasteiger partial charge is 0.361 e. The van der Waals surface area contributed by atoms with Gasteiger partial charge in [-0.1, -0.05) is 5.16 Å². The van der Waals surface area contributed by atoms with Crippen LogP contribution >= 0.6 is 0 Å². The second-order valence-corrected chi connectivity index (χ2v) is 3.58. The highest BCUT2D eigenvalue weighted by atomic mass is 16.5. The third kappa shape index (κ3) is 2.11. The summed E-state index contributed by atoms with van der Waals surface area (Å²) in [5.74, 6) is 0.539. The van der Waals surface area contributed by atoms with Crippen LogP contribution in [0, 0.1) is 6.92 Å². The number of anilines is 1. The summed E-state index contributed by atoms with van der Waals surface area (Å²) in [6.07, 6.45) is 0. The van der Waals surface area contributed by atoms with E-state index in [1.165, 1.54) is 0 Å². The number of hydrogen-bond acceptors (Lipinski definition) is 7. The quantitative estimate of drug-likeness (QED) is 0.823. The second kappa shape index (κ2) is 4.99. The number of hydrogen-bond donors (Lipinski definition) is 1. The van der Waals surface area contributed by atoms with E-state index in [4.69, 9.17) is 9.26 Å². The molecule has 0 saturated carbocycles. The third-order valence-corrected chi connectivity index (χ3v) is 2.26. The zero-order valence-electron chi connectivity index (χ0n) is 10.5. The van der Waals surface area contributed by atoms with Crippen LogP contribution in [0.3, 0.4) is 0 Å². The summed E-state index contributed by atoms with van der Waals surface area (Å²) in [6.45, 7) is 6.34. The van der Waals surface area contributed by atoms with Gasteiger partial charge in [-0.2, -0.15) is 4.98 Å². The molecule has 0 aliphatic heterocycles. The summed E-state index contributed by atoms with van der Waals surface area (Å²) >= 11 is 0. The number of rotatable bonds is 4. The number of fused-ring (bicyclic) bond motifs is 1. The van der Waals surface area contributed by atoms with E-state index in [-0.39, 0.29) is 18.0 Å². The van der Waals surface area contributed by atoms with Crippen molar-refractivity contribution in [2.24, 2.45) is 0 Å². The first-order valence-electron chi connectivity index (χ1n) is 5.72. The molecule has 0 aliphatic carbocycles. The molecule has 2 aromatic heterocycles. The van der Waals surface area contributed by atoms with Crippen LogP contribution in [-0.4, -0.2) is 34.2 Å². The van der Waals surface area contributed by atoms with Crippen LogP contribution < -0.4 is 5.32 Å². The van der Waals surface area contributed by atoms with E-state index in [2.05, 4.69) is 20.4 Å². The largest absolute Gasteiger partial charge is 0.461 e. The van der Waals surface area contributed by atoms with Crippen molar-refractivity contribution in [3.63, 3.8) is 0 Å². The normalized spacial score (nSPS) is 10.6. The molecule has 0 radical (unpaired) electrons. The highest BCUT2D eigenvalue weighted by Crippen LogP contribution is 2.24. The second-order valence-electron chi connectivity index (χ2n) is 3.58. The molecule has 0 aliphatic rings. The Kier molecular flexibility index (Phi) is 3.40. The van der Waals surface area contributed by atoms with Crippen LogP contribution in [0.25, 0.3) is 11.1 Å². The van der Waals surface area contributed by atoms with Gasteiger partial charge in [0, 0.05) is 6.54 Å². The summed E-state index contributed by atoms with van der Waals surface area (Å²) in [5.41, 5.74) is 0.379. The fraction of sp³-hybridized carbons (Fsp3) is 0.455. The van der Waals surface area contributed by atoms with Gasteiger partial charge in [0.05, 0.1) is 6.61 Å². The van der Waals surface area contributed by atoms with E-state index in [1.54, 1.807) is 13.8 Å². The van der Waals surface area contributed by atoms with E-state index >= 15 is 0 Å². The molecule has 96 valence electrons. The predicted octanol–water partition coefficient (Wildman–Crippen LogP) is 1.53. The molecule has 2 heterocycles. The minimum Gasteiger partial charge on any atom is -0.461 e. The molecule has 7 heteroatoms. The Morgan fingerprint density at radius 3 is 2.83 bits per heavy atom. The zero-order valence-corrected chi connectivity index (χ0v) is 10.5. The number of carbonyl (C=O) groups excluding carboxylic acids is 1. The molecule has 0 bridgehead atoms. The zero-order chi connectivity index (χ0) is 13.1. The Balaban J connectivity index is 2.58. The molecule has 2 aromatic rings. The fourth-order valence-electron chi connectivity index (χ4n) is 1.60. The number of nitrogens with one attached hydrogen (secondary N) is 1. The van der Waals surface area contributed by atoms with Crippen molar-refractivity contribution in [2.75, 3.05) is 18.5 Å². The molecule has 18 heavy (non-hydrogen) atoms. The maximum absolute atomic E-state index is 11.7. The molecule has 0 fully saturated rings. The van der Waals surface area contributed by atoms with Gasteiger partial charge in [-0.15, -0.1) is 0 Å². The van der Waals surface area contributed by atoms with Crippen molar-refractivity contribution in [3.05, 3.63) is 11.5 Å². The van der Waals surface area contributed by atoms with Gasteiger partial charge >= 0.3 is 5.97 Å². The maximum Gasteiger partial charge on any atom is 0.361 e. The molecule has 0 unspecified atom stereocenters. The van der Waals surface area contributed by atoms with Crippen molar-refractivity contribution in [2.45, 2.75) is 20.8 Å². The average Bonchev–Trinajstić information content (AvgIpc) is 2.73. The van der Waals surface area contributed by atoms with Crippen LogP contribution in [0.5, 0.6) is 0 Å². The summed E-state index contributed by atoms with van der Waals surface area (Å²) < 4.78 is 9.96. The number of ether oxygens (including phenoxy) is 1. The Morgan fingerprint density at radius 1 is 1.39 bits per heavy atom. The first-order chi connectivity index (χ1) is 8.67. The molecule has 0 saturated heterocycles. The number of aromatic nitrogens is 3. The van der Waals surface area contributed by atoms with Gasteiger partial charge in [-0.3, -0.25) is 0 Å². The lowest BCUT2D eigenvalue weighted by Crippen LogP contribution is -2.08. The fourth-order valence-corrected chi connectivity index (χ4v) is 1.60. The predicted molar refractivity (Wildman–Crippen MR) is 64.5 cm³/mol. The van der Waals surface area contributed by atoms with Crippen LogP contribution in [0.4, 0.5) is 5.82 Å². The van der Waals surface area contributed by atoms with E-state index < -0.39 is 5.97 Å². The van der Waals surface area contributed by atoms with Crippen molar-refractivity contribution < 1.29 is 14.1 Å². The summed E-state index contributed by atoms with van der Waals surface area (Å²) in [7, 11) is 0. The number of esters is 1. The van der Waals surface area contributed by atoms with Crippen molar-refractivity contribution >= 4 is 22.9 Å². The molecule has 0 aromatic carbocycles. The van der Waals surface area contributed by atoms with Crippen LogP contribution in [0.1, 0.15) is 30.2 Å². The first-order valence-corrected chi connectivity index (χ1v) is 5.72. The van der Waals surface area contributed by atoms with E-state index in [0.29, 0.717) is 23.6 Å². The minimum atomic E-state index is -0.539. The van der Waals surface area contributed by atoms with Gasteiger partial charge in [0.2, 0.25) is 5.69 Å². The van der Waals surface area contributed by atoms with Crippen molar-refractivity contribution in [3.8, 4) is 0 Å². The third-order valence-electron chi connectivity index (χ3n) is 2.26. The topological polar surface area (TPSA) is 90.1 Å². The summed E-state index contributed by atoms with van der Waals surface area (Å²) in [5, 5.41) is 7.22. The first kappa shape index (κ1) is 12.3. The van der Waals surface area contributed by atoms with Crippen LogP contribution in [0.15, 0.2) is 4.52 Å². The maximum atomic E-state index is 11.7. The average molecular weight is 250 g/mol. The van der Waals surface area contributed by atoms with Gasteiger partial charge in [-0.05, 0) is 20.8 Å². The van der Waals surface area contributed by atoms with Gasteiger partial charge in [0.1, 0.15) is 17.0 Å². The van der Waals surface area contributed by atoms with Gasteiger partial charge in [0.25, 0.3) is 5.71 Å². The minimum absolute atomic E-state index is 0.0998. The Morgan fingerprint density at radius 2 is 2.17 bits per heavy atom. The highest BCUT2D eigenvalue weighted by molar-refractivity contribution is 6.04. The Bertz CT molecular complexity index is 579. The number of carbonyl (C=O) groups is 1. The van der Waals surface area contributed by atoms with Crippen LogP contribution in [0.2, 0.25) is 0 Å². The molecular formula is C11H14N4O3. The van der Waals surface area contributed by atoms with Crippen LogP contribution in [-0.2, 0) is 4.74 Å². The molecule has 0 atom stereocenters. The number of nitrogens with zero attached hydrogens (tertiary/aromatic N) is 3. The van der Waals surface area contributed by atoms with Crippen molar-refractivity contribution in [1.29, 1.82) is 0 Å². The van der Waals surface area contributed by atoms with E-state index in [1.807, 2.05) is 6.92 Å². The Labute approximate surface area is 104 Å². The molecule has 1 N–H and O–H groups in total. The monoisotopic (exact) mass is 250 g/mol. The van der Waals surface area contributed by atoms with Gasteiger partial charge in [-0.25, -0.2) is 9.78 Å². The molecule has 0 amide bonds. The lowest BCUT2D eigenvalue weighted by molar-refractivity contribution is 0.0517. The lowest BCUT2D eigenvalue weighted by Gasteiger charge is -2.04. The molecular weight excluding hydrogens is 236 g/mol. The number of aryl methyl sites for hydroxylation is 1. The van der Waals surface area contributed by atoms with Crippen molar-refractivity contribution in [1.82, 2.24) is 15.1 Å². The summed E-state index contributed by atoms with van der Waals surface area (Å²) in [6, 6.07) is 0. The van der Waals surface area contributed by atoms with E-state index in [0.717, 1.165) is 0 Å². The Hall–Kier alpha value is -2.18.